The van der Waals surface area contributed by atoms with E-state index in [0.717, 1.165) is 5.75 Å². The molecule has 0 aromatic carbocycles. The number of hydrogen-bond donors (Lipinski definition) is 1. The summed E-state index contributed by atoms with van der Waals surface area (Å²) in [4.78, 5) is 2.00. The largest absolute Gasteiger partial charge is 0.329 e. The van der Waals surface area contributed by atoms with Crippen molar-refractivity contribution in [2.24, 2.45) is 5.73 Å². The lowest BCUT2D eigenvalue weighted by Crippen LogP contribution is -2.64. The van der Waals surface area contributed by atoms with E-state index in [9.17, 15) is 16.8 Å². The molecular formula is C12H24N2O4S3. The van der Waals surface area contributed by atoms with Gasteiger partial charge in [0.25, 0.3) is 0 Å². The van der Waals surface area contributed by atoms with E-state index in [1.54, 1.807) is 18.7 Å². The second-order valence-corrected chi connectivity index (χ2v) is 11.7. The number of sulfone groups is 2. The van der Waals surface area contributed by atoms with E-state index in [1.165, 1.54) is 0 Å². The molecule has 2 rings (SSSR count). The summed E-state index contributed by atoms with van der Waals surface area (Å²) < 4.78 is 48.1. The first-order valence-corrected chi connectivity index (χ1v) is 11.9. The standard InChI is InChI=1S/C12H24N2O4S3/c1-2-21(17,18)11-9-19-6-5-14(11)12(10-13)3-7-20(15,16)8-4-12/h11H,2-10,13H2,1H3. The number of nitrogens with zero attached hydrogens (tertiary/aromatic N) is 1. The zero-order valence-electron chi connectivity index (χ0n) is 12.3. The van der Waals surface area contributed by atoms with Crippen LogP contribution in [0.1, 0.15) is 19.8 Å². The van der Waals surface area contributed by atoms with Crippen LogP contribution in [0, 0.1) is 0 Å². The van der Waals surface area contributed by atoms with Gasteiger partial charge in [0.1, 0.15) is 15.2 Å². The fourth-order valence-electron chi connectivity index (χ4n) is 3.14. The van der Waals surface area contributed by atoms with Gasteiger partial charge in [-0.3, -0.25) is 4.90 Å². The normalized spacial score (nSPS) is 30.1. The number of nitrogens with two attached hydrogens (primary N) is 1. The van der Waals surface area contributed by atoms with Gasteiger partial charge in [-0.15, -0.1) is 0 Å². The Labute approximate surface area is 131 Å². The van der Waals surface area contributed by atoms with Crippen LogP contribution in [0.25, 0.3) is 0 Å². The molecule has 0 aromatic rings. The number of rotatable bonds is 4. The Hall–Kier alpha value is 0.170. The van der Waals surface area contributed by atoms with Crippen molar-refractivity contribution in [1.29, 1.82) is 0 Å². The molecule has 0 bridgehead atoms. The van der Waals surface area contributed by atoms with E-state index in [0.29, 0.717) is 31.7 Å². The van der Waals surface area contributed by atoms with E-state index >= 15 is 0 Å². The summed E-state index contributed by atoms with van der Waals surface area (Å²) >= 11 is 1.64. The molecule has 0 spiro atoms. The minimum absolute atomic E-state index is 0.104. The Morgan fingerprint density at radius 3 is 2.48 bits per heavy atom. The molecule has 2 aliphatic rings. The summed E-state index contributed by atoms with van der Waals surface area (Å²) in [5, 5.41) is -0.536. The molecule has 0 radical (unpaired) electrons. The molecule has 2 heterocycles. The highest BCUT2D eigenvalue weighted by molar-refractivity contribution is 8.01. The minimum atomic E-state index is -3.20. The molecule has 1 unspecified atom stereocenters. The predicted molar refractivity (Wildman–Crippen MR) is 87.0 cm³/mol. The van der Waals surface area contributed by atoms with E-state index in [1.807, 2.05) is 4.90 Å². The lowest BCUT2D eigenvalue weighted by atomic mass is 9.90. The number of hydrogen-bond acceptors (Lipinski definition) is 7. The van der Waals surface area contributed by atoms with E-state index in [4.69, 9.17) is 5.73 Å². The smallest absolute Gasteiger partial charge is 0.166 e. The number of thioether (sulfide) groups is 1. The highest BCUT2D eigenvalue weighted by atomic mass is 32.2. The summed E-state index contributed by atoms with van der Waals surface area (Å²) in [5.74, 6) is 1.72. The first-order valence-electron chi connectivity index (χ1n) is 7.23. The summed E-state index contributed by atoms with van der Waals surface area (Å²) in [6, 6.07) is 0. The minimum Gasteiger partial charge on any atom is -0.329 e. The fourth-order valence-corrected chi connectivity index (χ4v) is 7.82. The van der Waals surface area contributed by atoms with Crippen molar-refractivity contribution in [2.75, 3.05) is 41.9 Å². The van der Waals surface area contributed by atoms with E-state index in [2.05, 4.69) is 0 Å². The van der Waals surface area contributed by atoms with Gasteiger partial charge in [0.2, 0.25) is 0 Å². The van der Waals surface area contributed by atoms with Crippen molar-refractivity contribution in [3.63, 3.8) is 0 Å². The van der Waals surface area contributed by atoms with E-state index < -0.39 is 30.6 Å². The summed E-state index contributed by atoms with van der Waals surface area (Å²) in [7, 11) is -6.19. The fraction of sp³-hybridized carbons (Fsp3) is 1.00. The maximum atomic E-state index is 12.4. The topological polar surface area (TPSA) is 97.5 Å². The van der Waals surface area contributed by atoms with Crippen LogP contribution in [0.3, 0.4) is 0 Å². The molecule has 6 nitrogen and oxygen atoms in total. The van der Waals surface area contributed by atoms with Gasteiger partial charge in [0.15, 0.2) is 9.84 Å². The van der Waals surface area contributed by atoms with Crippen LogP contribution >= 0.6 is 11.8 Å². The van der Waals surface area contributed by atoms with Crippen molar-refractivity contribution in [3.8, 4) is 0 Å². The molecule has 0 amide bonds. The lowest BCUT2D eigenvalue weighted by molar-refractivity contribution is 0.0787. The molecule has 9 heteroatoms. The molecule has 2 saturated heterocycles. The lowest BCUT2D eigenvalue weighted by Gasteiger charge is -2.50. The second kappa shape index (κ2) is 6.35. The summed E-state index contributed by atoms with van der Waals surface area (Å²) in [6.45, 7) is 2.63. The Balaban J connectivity index is 2.31. The zero-order chi connectivity index (χ0) is 15.7. The molecule has 21 heavy (non-hydrogen) atoms. The third-order valence-corrected chi connectivity index (χ3v) is 9.59. The maximum Gasteiger partial charge on any atom is 0.166 e. The Bertz CT molecular complexity index is 559. The molecule has 0 saturated carbocycles. The van der Waals surface area contributed by atoms with Gasteiger partial charge in [-0.25, -0.2) is 16.8 Å². The van der Waals surface area contributed by atoms with Gasteiger partial charge < -0.3 is 5.73 Å². The highest BCUT2D eigenvalue weighted by Crippen LogP contribution is 2.35. The van der Waals surface area contributed by atoms with Gasteiger partial charge >= 0.3 is 0 Å². The Morgan fingerprint density at radius 2 is 1.95 bits per heavy atom. The average Bonchev–Trinajstić information content (AvgIpc) is 2.48. The van der Waals surface area contributed by atoms with Gasteiger partial charge in [0, 0.05) is 35.9 Å². The van der Waals surface area contributed by atoms with Crippen LogP contribution in [0.4, 0.5) is 0 Å². The van der Waals surface area contributed by atoms with Crippen molar-refractivity contribution < 1.29 is 16.8 Å². The van der Waals surface area contributed by atoms with Crippen LogP contribution in [-0.2, 0) is 19.7 Å². The summed E-state index contributed by atoms with van der Waals surface area (Å²) in [6.07, 6.45) is 0.873. The van der Waals surface area contributed by atoms with Gasteiger partial charge in [0.05, 0.1) is 11.5 Å². The Kier molecular flexibility index (Phi) is 5.30. The first-order chi connectivity index (χ1) is 9.76. The molecule has 2 N–H and O–H groups in total. The molecular weight excluding hydrogens is 332 g/mol. The monoisotopic (exact) mass is 356 g/mol. The average molecular weight is 357 g/mol. The van der Waals surface area contributed by atoms with Crippen molar-refractivity contribution in [2.45, 2.75) is 30.7 Å². The van der Waals surface area contributed by atoms with Gasteiger partial charge in [-0.2, -0.15) is 11.8 Å². The Morgan fingerprint density at radius 1 is 1.33 bits per heavy atom. The van der Waals surface area contributed by atoms with Crippen molar-refractivity contribution in [1.82, 2.24) is 4.90 Å². The molecule has 0 aromatic heterocycles. The molecule has 124 valence electrons. The molecule has 2 aliphatic heterocycles. The third-order valence-electron chi connectivity index (χ3n) is 4.65. The van der Waals surface area contributed by atoms with Crippen LogP contribution < -0.4 is 5.73 Å². The SMILES string of the molecule is CCS(=O)(=O)C1CSCCN1C1(CN)CCS(=O)(=O)CC1. The van der Waals surface area contributed by atoms with E-state index in [-0.39, 0.29) is 17.3 Å². The van der Waals surface area contributed by atoms with Crippen LogP contribution in [0.2, 0.25) is 0 Å². The van der Waals surface area contributed by atoms with Crippen LogP contribution in [0.15, 0.2) is 0 Å². The predicted octanol–water partition coefficient (Wildman–Crippen LogP) is -0.298. The van der Waals surface area contributed by atoms with Gasteiger partial charge in [-0.1, -0.05) is 6.92 Å². The first kappa shape index (κ1) is 17.5. The molecule has 1 atom stereocenters. The summed E-state index contributed by atoms with van der Waals surface area (Å²) in [5.41, 5.74) is 5.48. The molecule has 0 aliphatic carbocycles. The zero-order valence-corrected chi connectivity index (χ0v) is 14.8. The van der Waals surface area contributed by atoms with Gasteiger partial charge in [-0.05, 0) is 12.8 Å². The quantitative estimate of drug-likeness (QED) is 0.738. The van der Waals surface area contributed by atoms with Crippen molar-refractivity contribution >= 4 is 31.4 Å². The maximum absolute atomic E-state index is 12.4. The molecule has 2 fully saturated rings. The third kappa shape index (κ3) is 3.57. The van der Waals surface area contributed by atoms with Crippen molar-refractivity contribution in [3.05, 3.63) is 0 Å². The second-order valence-electron chi connectivity index (χ2n) is 5.75. The highest BCUT2D eigenvalue weighted by Gasteiger charge is 2.47. The van der Waals surface area contributed by atoms with Crippen LogP contribution in [-0.4, -0.2) is 74.5 Å². The van der Waals surface area contributed by atoms with Crippen LogP contribution in [0.5, 0.6) is 0 Å².